The number of aryl methyl sites for hydroxylation is 3. The highest BCUT2D eigenvalue weighted by atomic mass is 16.5. The molecule has 1 saturated heterocycles. The molecule has 0 saturated carbocycles. The van der Waals surface area contributed by atoms with Gasteiger partial charge in [0.1, 0.15) is 23.2 Å². The third-order valence-electron chi connectivity index (χ3n) is 5.94. The Morgan fingerprint density at radius 1 is 1.26 bits per heavy atom. The molecule has 1 atom stereocenters. The van der Waals surface area contributed by atoms with E-state index in [0.29, 0.717) is 31.2 Å². The lowest BCUT2D eigenvalue weighted by atomic mass is 9.96. The van der Waals surface area contributed by atoms with Crippen molar-refractivity contribution in [3.63, 3.8) is 0 Å². The Morgan fingerprint density at radius 3 is 2.87 bits per heavy atom. The molecule has 3 heterocycles. The van der Waals surface area contributed by atoms with E-state index in [2.05, 4.69) is 15.2 Å². The molecule has 1 aliphatic rings. The van der Waals surface area contributed by atoms with Gasteiger partial charge in [-0.15, -0.1) is 0 Å². The van der Waals surface area contributed by atoms with Gasteiger partial charge in [-0.3, -0.25) is 4.79 Å². The van der Waals surface area contributed by atoms with E-state index in [4.69, 9.17) is 14.1 Å². The molecule has 3 aromatic rings. The van der Waals surface area contributed by atoms with Crippen molar-refractivity contribution in [3.05, 3.63) is 47.0 Å². The van der Waals surface area contributed by atoms with Crippen LogP contribution in [0.15, 0.2) is 28.7 Å². The van der Waals surface area contributed by atoms with E-state index in [1.54, 1.807) is 0 Å². The summed E-state index contributed by atoms with van der Waals surface area (Å²) in [6.45, 7) is 10.4. The number of carbonyl (C=O) groups is 1. The SMILES string of the molecule is CCOc1ccccc1CNC(=O)[C@@H]1CCCN(c2nc(C)nc3oc(C)c(C)c23)C1. The number of aromatic nitrogens is 2. The van der Waals surface area contributed by atoms with Gasteiger partial charge in [0.15, 0.2) is 0 Å². The fourth-order valence-electron chi connectivity index (χ4n) is 4.22. The third-order valence-corrected chi connectivity index (χ3v) is 5.94. The molecular formula is C24H30N4O3. The molecule has 1 aromatic carbocycles. The maximum atomic E-state index is 13.0. The van der Waals surface area contributed by atoms with Crippen LogP contribution in [-0.4, -0.2) is 35.6 Å². The second kappa shape index (κ2) is 8.96. The molecule has 164 valence electrons. The Kier molecular flexibility index (Phi) is 6.11. The predicted octanol–water partition coefficient (Wildman–Crippen LogP) is 4.08. The minimum absolute atomic E-state index is 0.0677. The summed E-state index contributed by atoms with van der Waals surface area (Å²) in [6.07, 6.45) is 1.81. The molecule has 0 spiro atoms. The molecule has 7 nitrogen and oxygen atoms in total. The van der Waals surface area contributed by atoms with Gasteiger partial charge in [-0.25, -0.2) is 4.98 Å². The van der Waals surface area contributed by atoms with Crippen LogP contribution in [0, 0.1) is 26.7 Å². The maximum Gasteiger partial charge on any atom is 0.231 e. The van der Waals surface area contributed by atoms with Crippen molar-refractivity contribution < 1.29 is 13.9 Å². The van der Waals surface area contributed by atoms with E-state index in [9.17, 15) is 4.79 Å². The highest BCUT2D eigenvalue weighted by Gasteiger charge is 2.29. The van der Waals surface area contributed by atoms with Crippen LogP contribution in [0.5, 0.6) is 5.75 Å². The van der Waals surface area contributed by atoms with Gasteiger partial charge < -0.3 is 19.4 Å². The van der Waals surface area contributed by atoms with Crippen LogP contribution < -0.4 is 15.0 Å². The van der Waals surface area contributed by atoms with Crippen LogP contribution in [0.2, 0.25) is 0 Å². The monoisotopic (exact) mass is 422 g/mol. The Morgan fingerprint density at radius 2 is 2.06 bits per heavy atom. The van der Waals surface area contributed by atoms with Crippen molar-refractivity contribution in [3.8, 4) is 5.75 Å². The summed E-state index contributed by atoms with van der Waals surface area (Å²) in [5.41, 5.74) is 2.67. The van der Waals surface area contributed by atoms with Gasteiger partial charge in [0.2, 0.25) is 11.6 Å². The lowest BCUT2D eigenvalue weighted by Gasteiger charge is -2.33. The van der Waals surface area contributed by atoms with E-state index in [1.807, 2.05) is 52.0 Å². The number of piperidine rings is 1. The summed E-state index contributed by atoms with van der Waals surface area (Å²) in [4.78, 5) is 24.4. The van der Waals surface area contributed by atoms with Gasteiger partial charge in [0.25, 0.3) is 0 Å². The van der Waals surface area contributed by atoms with Gasteiger partial charge in [0, 0.05) is 30.8 Å². The summed E-state index contributed by atoms with van der Waals surface area (Å²) >= 11 is 0. The minimum Gasteiger partial charge on any atom is -0.494 e. The molecular weight excluding hydrogens is 392 g/mol. The zero-order valence-corrected chi connectivity index (χ0v) is 18.7. The zero-order valence-electron chi connectivity index (χ0n) is 18.7. The number of rotatable bonds is 6. The number of nitrogens with zero attached hydrogens (tertiary/aromatic N) is 3. The lowest BCUT2D eigenvalue weighted by Crippen LogP contribution is -2.43. The standard InChI is InChI=1S/C24H30N4O3/c1-5-30-20-11-7-6-9-18(20)13-25-23(29)19-10-8-12-28(14-19)22-21-15(2)16(3)31-24(21)27-17(4)26-22/h6-7,9,11,19H,5,8,10,12-14H2,1-4H3,(H,25,29)/t19-/m1/s1. The van der Waals surface area contributed by atoms with Crippen LogP contribution in [0.1, 0.15) is 42.5 Å². The average Bonchev–Trinajstić information content (AvgIpc) is 3.05. The molecule has 1 N–H and O–H groups in total. The first kappa shape index (κ1) is 21.2. The number of carbonyl (C=O) groups excluding carboxylic acids is 1. The smallest absolute Gasteiger partial charge is 0.231 e. The van der Waals surface area contributed by atoms with Gasteiger partial charge in [-0.1, -0.05) is 18.2 Å². The highest BCUT2D eigenvalue weighted by molar-refractivity contribution is 5.90. The quantitative estimate of drug-likeness (QED) is 0.645. The molecule has 0 bridgehead atoms. The lowest BCUT2D eigenvalue weighted by molar-refractivity contribution is -0.125. The average molecular weight is 423 g/mol. The number of amides is 1. The van der Waals surface area contributed by atoms with E-state index >= 15 is 0 Å². The van der Waals surface area contributed by atoms with E-state index < -0.39 is 0 Å². The Bertz CT molecular complexity index is 1090. The third kappa shape index (κ3) is 4.36. The van der Waals surface area contributed by atoms with E-state index in [0.717, 1.165) is 53.2 Å². The fourth-order valence-corrected chi connectivity index (χ4v) is 4.22. The molecule has 1 fully saturated rings. The number of fused-ring (bicyclic) bond motifs is 1. The number of para-hydroxylation sites is 1. The first-order chi connectivity index (χ1) is 15.0. The number of furan rings is 1. The van der Waals surface area contributed by atoms with Crippen molar-refractivity contribution >= 4 is 22.8 Å². The molecule has 1 amide bonds. The molecule has 2 aromatic heterocycles. The van der Waals surface area contributed by atoms with E-state index in [1.165, 1.54) is 0 Å². The van der Waals surface area contributed by atoms with Crippen molar-refractivity contribution in [2.24, 2.45) is 5.92 Å². The number of anilines is 1. The Hall–Kier alpha value is -3.09. The second-order valence-corrected chi connectivity index (χ2v) is 8.10. The van der Waals surface area contributed by atoms with Crippen LogP contribution in [-0.2, 0) is 11.3 Å². The predicted molar refractivity (Wildman–Crippen MR) is 120 cm³/mol. The zero-order chi connectivity index (χ0) is 22.0. The number of benzene rings is 1. The topological polar surface area (TPSA) is 80.5 Å². The summed E-state index contributed by atoms with van der Waals surface area (Å²) in [5.74, 6) is 3.20. The van der Waals surface area contributed by atoms with Crippen molar-refractivity contribution in [2.75, 3.05) is 24.6 Å². The van der Waals surface area contributed by atoms with Gasteiger partial charge >= 0.3 is 0 Å². The van der Waals surface area contributed by atoms with Gasteiger partial charge in [-0.2, -0.15) is 4.98 Å². The molecule has 31 heavy (non-hydrogen) atoms. The number of nitrogens with one attached hydrogen (secondary N) is 1. The van der Waals surface area contributed by atoms with Crippen LogP contribution >= 0.6 is 0 Å². The summed E-state index contributed by atoms with van der Waals surface area (Å²) in [7, 11) is 0. The Labute approximate surface area is 182 Å². The van der Waals surface area contributed by atoms with Crippen molar-refractivity contribution in [2.45, 2.75) is 47.1 Å². The van der Waals surface area contributed by atoms with Gasteiger partial charge in [-0.05, 0) is 46.6 Å². The highest BCUT2D eigenvalue weighted by Crippen LogP contribution is 2.33. The fraction of sp³-hybridized carbons (Fsp3) is 0.458. The first-order valence-corrected chi connectivity index (χ1v) is 11.0. The number of ether oxygens (including phenoxy) is 1. The minimum atomic E-state index is -0.0911. The van der Waals surface area contributed by atoms with Crippen LogP contribution in [0.25, 0.3) is 11.1 Å². The molecule has 1 aliphatic heterocycles. The second-order valence-electron chi connectivity index (χ2n) is 8.10. The van der Waals surface area contributed by atoms with E-state index in [-0.39, 0.29) is 11.8 Å². The van der Waals surface area contributed by atoms with Crippen LogP contribution in [0.4, 0.5) is 5.82 Å². The molecule has 7 heteroatoms. The molecule has 0 aliphatic carbocycles. The largest absolute Gasteiger partial charge is 0.494 e. The van der Waals surface area contributed by atoms with Crippen molar-refractivity contribution in [1.82, 2.24) is 15.3 Å². The first-order valence-electron chi connectivity index (χ1n) is 11.0. The summed E-state index contributed by atoms with van der Waals surface area (Å²) in [6, 6.07) is 7.83. The summed E-state index contributed by atoms with van der Waals surface area (Å²) < 4.78 is 11.5. The van der Waals surface area contributed by atoms with Crippen molar-refractivity contribution in [1.29, 1.82) is 0 Å². The molecule has 0 radical (unpaired) electrons. The number of hydrogen-bond acceptors (Lipinski definition) is 6. The van der Waals surface area contributed by atoms with Gasteiger partial charge in [0.05, 0.1) is 17.9 Å². The van der Waals surface area contributed by atoms with Crippen LogP contribution in [0.3, 0.4) is 0 Å². The maximum absolute atomic E-state index is 13.0. The Balaban J connectivity index is 1.49. The molecule has 0 unspecified atom stereocenters. The molecule has 4 rings (SSSR count). The number of hydrogen-bond donors (Lipinski definition) is 1. The normalized spacial score (nSPS) is 16.5. The summed E-state index contributed by atoms with van der Waals surface area (Å²) in [5, 5.41) is 4.06.